The van der Waals surface area contributed by atoms with Crippen LogP contribution in [0.3, 0.4) is 0 Å². The van der Waals surface area contributed by atoms with Crippen LogP contribution in [0.5, 0.6) is 5.75 Å². The number of halogens is 1. The van der Waals surface area contributed by atoms with E-state index in [9.17, 15) is 4.79 Å². The zero-order chi connectivity index (χ0) is 14.4. The predicted molar refractivity (Wildman–Crippen MR) is 87.0 cm³/mol. The molecule has 21 heavy (non-hydrogen) atoms. The number of rotatable bonds is 6. The molecule has 1 aromatic carbocycles. The lowest BCUT2D eigenvalue weighted by Gasteiger charge is -2.19. The van der Waals surface area contributed by atoms with E-state index in [1.54, 1.807) is 7.11 Å². The zero-order valence-electron chi connectivity index (χ0n) is 12.7. The van der Waals surface area contributed by atoms with Crippen molar-refractivity contribution < 1.29 is 9.53 Å². The average Bonchev–Trinajstić information content (AvgIpc) is 2.97. The molecule has 1 fully saturated rings. The summed E-state index contributed by atoms with van der Waals surface area (Å²) in [6.45, 7) is 4.09. The highest BCUT2D eigenvalue weighted by Gasteiger charge is 2.20. The molecule has 1 aliphatic rings. The minimum absolute atomic E-state index is 0. The summed E-state index contributed by atoms with van der Waals surface area (Å²) in [5, 5.41) is 6.44. The summed E-state index contributed by atoms with van der Waals surface area (Å²) in [4.78, 5) is 12.1. The highest BCUT2D eigenvalue weighted by molar-refractivity contribution is 5.85. The lowest BCUT2D eigenvalue weighted by Crippen LogP contribution is -2.30. The zero-order valence-corrected chi connectivity index (χ0v) is 13.5. The highest BCUT2D eigenvalue weighted by atomic mass is 35.5. The molecule has 2 atom stereocenters. The molecule has 0 spiro atoms. The molecule has 118 valence electrons. The Labute approximate surface area is 133 Å². The van der Waals surface area contributed by atoms with Gasteiger partial charge in [-0.25, -0.2) is 0 Å². The van der Waals surface area contributed by atoms with Gasteiger partial charge in [0.25, 0.3) is 0 Å². The number of carbonyl (C=O) groups is 1. The van der Waals surface area contributed by atoms with Gasteiger partial charge in [-0.1, -0.05) is 19.1 Å². The van der Waals surface area contributed by atoms with Gasteiger partial charge < -0.3 is 15.4 Å². The molecule has 1 saturated heterocycles. The van der Waals surface area contributed by atoms with E-state index in [1.165, 1.54) is 0 Å². The summed E-state index contributed by atoms with van der Waals surface area (Å²) >= 11 is 0. The maximum absolute atomic E-state index is 12.1. The molecular weight excluding hydrogens is 288 g/mol. The van der Waals surface area contributed by atoms with Crippen LogP contribution in [-0.4, -0.2) is 26.1 Å². The van der Waals surface area contributed by atoms with E-state index in [0.717, 1.165) is 37.2 Å². The van der Waals surface area contributed by atoms with E-state index in [0.29, 0.717) is 12.3 Å². The van der Waals surface area contributed by atoms with Crippen LogP contribution in [-0.2, 0) is 4.79 Å². The van der Waals surface area contributed by atoms with E-state index in [4.69, 9.17) is 4.74 Å². The van der Waals surface area contributed by atoms with Crippen molar-refractivity contribution in [2.45, 2.75) is 32.2 Å². The Hall–Kier alpha value is -1.26. The van der Waals surface area contributed by atoms with E-state index >= 15 is 0 Å². The molecule has 0 radical (unpaired) electrons. The summed E-state index contributed by atoms with van der Waals surface area (Å²) in [6, 6.07) is 7.99. The van der Waals surface area contributed by atoms with E-state index in [-0.39, 0.29) is 24.4 Å². The molecule has 1 aromatic rings. The van der Waals surface area contributed by atoms with Crippen molar-refractivity contribution in [1.82, 2.24) is 10.6 Å². The summed E-state index contributed by atoms with van der Waals surface area (Å²) in [7, 11) is 1.66. The first-order valence-corrected chi connectivity index (χ1v) is 7.37. The van der Waals surface area contributed by atoms with Gasteiger partial charge in [-0.05, 0) is 49.5 Å². The Bertz CT molecular complexity index is 430. The Kier molecular flexibility index (Phi) is 7.54. The quantitative estimate of drug-likeness (QED) is 0.849. The first-order chi connectivity index (χ1) is 9.72. The van der Waals surface area contributed by atoms with Crippen molar-refractivity contribution in [3.8, 4) is 5.75 Å². The van der Waals surface area contributed by atoms with Crippen LogP contribution < -0.4 is 15.4 Å². The number of benzene rings is 1. The van der Waals surface area contributed by atoms with E-state index in [1.807, 2.05) is 24.3 Å². The van der Waals surface area contributed by atoms with Crippen LogP contribution in [0, 0.1) is 5.92 Å². The molecule has 0 saturated carbocycles. The normalized spacial score (nSPS) is 18.7. The van der Waals surface area contributed by atoms with Crippen molar-refractivity contribution in [1.29, 1.82) is 0 Å². The van der Waals surface area contributed by atoms with Crippen LogP contribution in [0.1, 0.15) is 37.8 Å². The standard InChI is InChI=1S/C16H24N2O2.ClH/c1-3-15(13-4-6-14(20-2)7-5-13)18-16(19)10-12-8-9-17-11-12;/h4-7,12,15,17H,3,8-11H2,1-2H3,(H,18,19);1H. The monoisotopic (exact) mass is 312 g/mol. The predicted octanol–water partition coefficient (Wildman–Crippen LogP) is 2.68. The van der Waals surface area contributed by atoms with Gasteiger partial charge in [0.05, 0.1) is 13.2 Å². The van der Waals surface area contributed by atoms with Gasteiger partial charge in [0.1, 0.15) is 5.75 Å². The molecule has 0 aromatic heterocycles. The Balaban J connectivity index is 0.00000220. The fourth-order valence-electron chi connectivity index (χ4n) is 2.66. The topological polar surface area (TPSA) is 50.4 Å². The molecular formula is C16H25ClN2O2. The van der Waals surface area contributed by atoms with Crippen molar-refractivity contribution in [2.75, 3.05) is 20.2 Å². The number of amides is 1. The molecule has 2 unspecified atom stereocenters. The fraction of sp³-hybridized carbons (Fsp3) is 0.562. The van der Waals surface area contributed by atoms with Crippen molar-refractivity contribution in [3.05, 3.63) is 29.8 Å². The Morgan fingerprint density at radius 3 is 2.67 bits per heavy atom. The van der Waals surface area contributed by atoms with Gasteiger partial charge in [-0.3, -0.25) is 4.79 Å². The molecule has 0 bridgehead atoms. The highest BCUT2D eigenvalue weighted by Crippen LogP contribution is 2.21. The van der Waals surface area contributed by atoms with Gasteiger partial charge in [0, 0.05) is 6.42 Å². The summed E-state index contributed by atoms with van der Waals surface area (Å²) in [5.74, 6) is 1.48. The minimum Gasteiger partial charge on any atom is -0.497 e. The van der Waals surface area contributed by atoms with Gasteiger partial charge in [-0.15, -0.1) is 12.4 Å². The molecule has 2 rings (SSSR count). The third-order valence-corrected chi connectivity index (χ3v) is 3.90. The summed E-state index contributed by atoms with van der Waals surface area (Å²) in [6.07, 6.45) is 2.62. The fourth-order valence-corrected chi connectivity index (χ4v) is 2.66. The molecule has 2 N–H and O–H groups in total. The molecule has 1 aliphatic heterocycles. The minimum atomic E-state index is 0. The number of carbonyl (C=O) groups excluding carboxylic acids is 1. The van der Waals surface area contributed by atoms with Gasteiger partial charge in [0.15, 0.2) is 0 Å². The number of ether oxygens (including phenoxy) is 1. The van der Waals surface area contributed by atoms with Crippen LogP contribution in [0.2, 0.25) is 0 Å². The average molecular weight is 313 g/mol. The van der Waals surface area contributed by atoms with Crippen molar-refractivity contribution in [3.63, 3.8) is 0 Å². The molecule has 1 amide bonds. The number of methoxy groups -OCH3 is 1. The van der Waals surface area contributed by atoms with Gasteiger partial charge >= 0.3 is 0 Å². The lowest BCUT2D eigenvalue weighted by atomic mass is 10.0. The van der Waals surface area contributed by atoms with Crippen LogP contribution in [0.15, 0.2) is 24.3 Å². The number of nitrogens with one attached hydrogen (secondary N) is 2. The van der Waals surface area contributed by atoms with Gasteiger partial charge in [0.2, 0.25) is 5.91 Å². The first-order valence-electron chi connectivity index (χ1n) is 7.37. The third kappa shape index (κ3) is 5.21. The second-order valence-corrected chi connectivity index (χ2v) is 5.36. The maximum atomic E-state index is 12.1. The number of hydrogen-bond donors (Lipinski definition) is 2. The molecule has 0 aliphatic carbocycles. The lowest BCUT2D eigenvalue weighted by molar-refractivity contribution is -0.122. The summed E-state index contributed by atoms with van der Waals surface area (Å²) < 4.78 is 5.16. The maximum Gasteiger partial charge on any atom is 0.220 e. The Morgan fingerprint density at radius 1 is 1.43 bits per heavy atom. The van der Waals surface area contributed by atoms with Crippen molar-refractivity contribution >= 4 is 18.3 Å². The number of hydrogen-bond acceptors (Lipinski definition) is 3. The second-order valence-electron chi connectivity index (χ2n) is 5.36. The second kappa shape index (κ2) is 8.90. The van der Waals surface area contributed by atoms with Crippen molar-refractivity contribution in [2.24, 2.45) is 5.92 Å². The smallest absolute Gasteiger partial charge is 0.220 e. The van der Waals surface area contributed by atoms with Crippen LogP contribution >= 0.6 is 12.4 Å². The first kappa shape index (κ1) is 17.8. The van der Waals surface area contributed by atoms with Gasteiger partial charge in [-0.2, -0.15) is 0 Å². The SMILES string of the molecule is CCC(NC(=O)CC1CCNC1)c1ccc(OC)cc1.Cl. The van der Waals surface area contributed by atoms with E-state index < -0.39 is 0 Å². The van der Waals surface area contributed by atoms with Crippen LogP contribution in [0.4, 0.5) is 0 Å². The largest absolute Gasteiger partial charge is 0.497 e. The molecule has 1 heterocycles. The summed E-state index contributed by atoms with van der Waals surface area (Å²) in [5.41, 5.74) is 1.13. The molecule has 4 nitrogen and oxygen atoms in total. The van der Waals surface area contributed by atoms with Crippen LogP contribution in [0.25, 0.3) is 0 Å². The third-order valence-electron chi connectivity index (χ3n) is 3.90. The Morgan fingerprint density at radius 2 is 2.14 bits per heavy atom. The van der Waals surface area contributed by atoms with E-state index in [2.05, 4.69) is 17.6 Å². The molecule has 5 heteroatoms.